The van der Waals surface area contributed by atoms with Crippen LogP contribution in [-0.4, -0.2) is 71.3 Å². The molecule has 0 atom stereocenters. The number of ether oxygens (including phenoxy) is 1. The summed E-state index contributed by atoms with van der Waals surface area (Å²) in [6.07, 6.45) is 1.71. The highest BCUT2D eigenvalue weighted by Crippen LogP contribution is 2.23. The Kier molecular flexibility index (Phi) is 8.01. The topological polar surface area (TPSA) is 105 Å². The first-order valence-electron chi connectivity index (χ1n) is 8.17. The standard InChI is InChI=1S/C15H21BrN8O2.HI/c1-10-20-12(26-22-10)9-19-14(17-2)23-4-6-24(7-5-23)15-18-8-11(16)13(21-15)25-3;/h8H,4-7,9H2,1-3H3,(H,17,19);1H. The van der Waals surface area contributed by atoms with Crippen LogP contribution in [0.15, 0.2) is 20.2 Å². The van der Waals surface area contributed by atoms with Crippen molar-refractivity contribution in [1.29, 1.82) is 0 Å². The lowest BCUT2D eigenvalue weighted by molar-refractivity contribution is 0.351. The molecule has 148 valence electrons. The zero-order chi connectivity index (χ0) is 18.5. The summed E-state index contributed by atoms with van der Waals surface area (Å²) in [5.41, 5.74) is 0. The summed E-state index contributed by atoms with van der Waals surface area (Å²) in [4.78, 5) is 21.6. The molecule has 0 unspecified atom stereocenters. The van der Waals surface area contributed by atoms with Crippen molar-refractivity contribution in [2.24, 2.45) is 4.99 Å². The van der Waals surface area contributed by atoms with Gasteiger partial charge in [-0.2, -0.15) is 9.97 Å². The van der Waals surface area contributed by atoms with Crippen molar-refractivity contribution in [1.82, 2.24) is 30.3 Å². The van der Waals surface area contributed by atoms with Gasteiger partial charge in [0.1, 0.15) is 0 Å². The second kappa shape index (κ2) is 10.0. The quantitative estimate of drug-likeness (QED) is 0.343. The van der Waals surface area contributed by atoms with Crippen molar-refractivity contribution < 1.29 is 9.26 Å². The molecule has 10 nitrogen and oxygen atoms in total. The fourth-order valence-electron chi connectivity index (χ4n) is 2.66. The van der Waals surface area contributed by atoms with E-state index in [1.807, 2.05) is 0 Å². The summed E-state index contributed by atoms with van der Waals surface area (Å²) >= 11 is 3.37. The Bertz CT molecular complexity index is 779. The van der Waals surface area contributed by atoms with Crippen molar-refractivity contribution in [3.05, 3.63) is 22.4 Å². The highest BCUT2D eigenvalue weighted by molar-refractivity contribution is 14.0. The van der Waals surface area contributed by atoms with Gasteiger partial charge < -0.3 is 24.4 Å². The van der Waals surface area contributed by atoms with E-state index in [4.69, 9.17) is 9.26 Å². The summed E-state index contributed by atoms with van der Waals surface area (Å²) < 4.78 is 11.1. The highest BCUT2D eigenvalue weighted by Gasteiger charge is 2.22. The maximum atomic E-state index is 5.24. The number of methoxy groups -OCH3 is 1. The Labute approximate surface area is 182 Å². The predicted octanol–water partition coefficient (Wildman–Crippen LogP) is 1.45. The minimum absolute atomic E-state index is 0. The Morgan fingerprint density at radius 1 is 1.33 bits per heavy atom. The van der Waals surface area contributed by atoms with E-state index in [2.05, 4.69) is 56.1 Å². The molecule has 1 saturated heterocycles. The number of aryl methyl sites for hydroxylation is 1. The maximum Gasteiger partial charge on any atom is 0.246 e. The molecule has 12 heteroatoms. The van der Waals surface area contributed by atoms with Crippen LogP contribution in [0.3, 0.4) is 0 Å². The summed E-state index contributed by atoms with van der Waals surface area (Å²) in [6, 6.07) is 0. The Hall–Kier alpha value is -1.70. The van der Waals surface area contributed by atoms with Crippen LogP contribution in [-0.2, 0) is 6.54 Å². The second-order valence-corrected chi connectivity index (χ2v) is 6.49. The van der Waals surface area contributed by atoms with Crippen LogP contribution in [0, 0.1) is 6.92 Å². The molecule has 1 aliphatic heterocycles. The van der Waals surface area contributed by atoms with E-state index in [9.17, 15) is 0 Å². The van der Waals surface area contributed by atoms with Gasteiger partial charge >= 0.3 is 0 Å². The zero-order valence-electron chi connectivity index (χ0n) is 15.3. The number of guanidine groups is 1. The van der Waals surface area contributed by atoms with Crippen molar-refractivity contribution in [3.8, 4) is 5.88 Å². The van der Waals surface area contributed by atoms with Gasteiger partial charge in [-0.1, -0.05) is 5.16 Å². The first kappa shape index (κ1) is 21.6. The average Bonchev–Trinajstić information content (AvgIpc) is 3.08. The number of nitrogens with one attached hydrogen (secondary N) is 1. The third kappa shape index (κ3) is 5.40. The molecule has 1 fully saturated rings. The average molecular weight is 553 g/mol. The van der Waals surface area contributed by atoms with Crippen molar-refractivity contribution in [2.45, 2.75) is 13.5 Å². The Morgan fingerprint density at radius 3 is 2.67 bits per heavy atom. The van der Waals surface area contributed by atoms with Gasteiger partial charge in [0, 0.05) is 33.2 Å². The number of aliphatic imine (C=N–C) groups is 1. The third-order valence-corrected chi connectivity index (χ3v) is 4.48. The van der Waals surface area contributed by atoms with Crippen LogP contribution >= 0.6 is 39.9 Å². The fourth-order valence-corrected chi connectivity index (χ4v) is 3.01. The lowest BCUT2D eigenvalue weighted by atomic mass is 10.3. The molecule has 1 N–H and O–H groups in total. The largest absolute Gasteiger partial charge is 0.480 e. The van der Waals surface area contributed by atoms with Crippen LogP contribution in [0.4, 0.5) is 5.95 Å². The first-order valence-corrected chi connectivity index (χ1v) is 8.96. The van der Waals surface area contributed by atoms with E-state index in [1.54, 1.807) is 27.3 Å². The van der Waals surface area contributed by atoms with Crippen molar-refractivity contribution in [3.63, 3.8) is 0 Å². The molecule has 0 amide bonds. The number of anilines is 1. The summed E-state index contributed by atoms with van der Waals surface area (Å²) in [5, 5.41) is 7.04. The molecule has 0 bridgehead atoms. The molecular formula is C15H22BrIN8O2. The first-order chi connectivity index (χ1) is 12.6. The van der Waals surface area contributed by atoms with Gasteiger partial charge in [-0.05, 0) is 22.9 Å². The van der Waals surface area contributed by atoms with E-state index in [0.717, 1.165) is 36.6 Å². The fraction of sp³-hybridized carbons (Fsp3) is 0.533. The van der Waals surface area contributed by atoms with E-state index in [-0.39, 0.29) is 24.0 Å². The van der Waals surface area contributed by atoms with E-state index < -0.39 is 0 Å². The molecule has 0 spiro atoms. The van der Waals surface area contributed by atoms with Gasteiger partial charge in [0.25, 0.3) is 0 Å². The van der Waals surface area contributed by atoms with Gasteiger partial charge in [0.05, 0.1) is 24.3 Å². The van der Waals surface area contributed by atoms with E-state index >= 15 is 0 Å². The molecule has 27 heavy (non-hydrogen) atoms. The van der Waals surface area contributed by atoms with Crippen LogP contribution in [0.1, 0.15) is 11.7 Å². The normalized spacial score (nSPS) is 14.7. The Balaban J connectivity index is 0.00000261. The number of nitrogens with zero attached hydrogens (tertiary/aromatic N) is 7. The van der Waals surface area contributed by atoms with Gasteiger partial charge in [-0.3, -0.25) is 4.99 Å². The number of hydrogen-bond acceptors (Lipinski definition) is 8. The molecule has 1 aliphatic rings. The van der Waals surface area contributed by atoms with Gasteiger partial charge in [0.15, 0.2) is 11.8 Å². The predicted molar refractivity (Wildman–Crippen MR) is 115 cm³/mol. The monoisotopic (exact) mass is 552 g/mol. The van der Waals surface area contributed by atoms with Crippen LogP contribution in [0.5, 0.6) is 5.88 Å². The minimum Gasteiger partial charge on any atom is -0.480 e. The zero-order valence-corrected chi connectivity index (χ0v) is 19.3. The highest BCUT2D eigenvalue weighted by atomic mass is 127. The lowest BCUT2D eigenvalue weighted by Crippen LogP contribution is -2.52. The molecule has 3 heterocycles. The summed E-state index contributed by atoms with van der Waals surface area (Å²) in [7, 11) is 3.35. The number of aromatic nitrogens is 4. The van der Waals surface area contributed by atoms with Crippen LogP contribution in [0.2, 0.25) is 0 Å². The van der Waals surface area contributed by atoms with Gasteiger partial charge in [-0.15, -0.1) is 24.0 Å². The molecule has 0 saturated carbocycles. The third-order valence-electron chi connectivity index (χ3n) is 3.93. The van der Waals surface area contributed by atoms with E-state index in [0.29, 0.717) is 30.1 Å². The molecule has 0 radical (unpaired) electrons. The number of rotatable bonds is 4. The number of hydrogen-bond donors (Lipinski definition) is 1. The van der Waals surface area contributed by atoms with Crippen molar-refractivity contribution in [2.75, 3.05) is 45.2 Å². The minimum atomic E-state index is 0. The van der Waals surface area contributed by atoms with Crippen molar-refractivity contribution >= 4 is 51.8 Å². The maximum absolute atomic E-state index is 5.24. The molecule has 0 aliphatic carbocycles. The Morgan fingerprint density at radius 2 is 2.07 bits per heavy atom. The molecule has 3 rings (SSSR count). The van der Waals surface area contributed by atoms with E-state index in [1.165, 1.54) is 0 Å². The molecule has 2 aromatic heterocycles. The number of halogens is 2. The number of piperazine rings is 1. The van der Waals surface area contributed by atoms with Gasteiger partial charge in [-0.25, -0.2) is 4.98 Å². The second-order valence-electron chi connectivity index (χ2n) is 5.64. The summed E-state index contributed by atoms with van der Waals surface area (Å²) in [6.45, 7) is 5.39. The van der Waals surface area contributed by atoms with Gasteiger partial charge in [0.2, 0.25) is 17.7 Å². The summed E-state index contributed by atoms with van der Waals surface area (Å²) in [5.74, 6) is 3.15. The molecule has 0 aromatic carbocycles. The molecular weight excluding hydrogens is 531 g/mol. The SMILES string of the molecule is CN=C(NCc1nc(C)no1)N1CCN(c2ncc(Br)c(OC)n2)CC1.I. The lowest BCUT2D eigenvalue weighted by Gasteiger charge is -2.36. The smallest absolute Gasteiger partial charge is 0.246 e. The molecule has 2 aromatic rings. The van der Waals surface area contributed by atoms with Crippen LogP contribution in [0.25, 0.3) is 0 Å². The van der Waals surface area contributed by atoms with Crippen LogP contribution < -0.4 is 15.0 Å².